The average Bonchev–Trinajstić information content (AvgIpc) is 2.24. The zero-order valence-corrected chi connectivity index (χ0v) is 12.6. The highest BCUT2D eigenvalue weighted by molar-refractivity contribution is 4.81. The van der Waals surface area contributed by atoms with Crippen molar-refractivity contribution in [1.29, 1.82) is 0 Å². The minimum absolute atomic E-state index is 0.806. The Morgan fingerprint density at radius 3 is 2.12 bits per heavy atom. The van der Waals surface area contributed by atoms with Crippen LogP contribution in [0, 0.1) is 17.8 Å². The Morgan fingerprint density at radius 2 is 1.62 bits per heavy atom. The predicted octanol–water partition coefficient (Wildman–Crippen LogP) is 4.43. The van der Waals surface area contributed by atoms with E-state index in [1.807, 2.05) is 13.8 Å². The van der Waals surface area contributed by atoms with Crippen molar-refractivity contribution in [2.24, 2.45) is 17.8 Å². The van der Waals surface area contributed by atoms with E-state index < -0.39 is 0 Å². The molecule has 1 aliphatic heterocycles. The maximum atomic E-state index is 2.69. The third kappa shape index (κ3) is 5.34. The molecule has 1 nitrogen and oxygen atoms in total. The molecule has 0 saturated carbocycles. The fourth-order valence-corrected chi connectivity index (χ4v) is 2.38. The molecule has 0 aromatic heterocycles. The van der Waals surface area contributed by atoms with Crippen molar-refractivity contribution < 1.29 is 0 Å². The Morgan fingerprint density at radius 1 is 1.06 bits per heavy atom. The zero-order chi connectivity index (χ0) is 12.7. The van der Waals surface area contributed by atoms with E-state index in [0.717, 1.165) is 23.8 Å². The molecule has 98 valence electrons. The molecule has 0 radical (unpaired) electrons. The molecule has 0 aliphatic carbocycles. The molecule has 0 N–H and O–H groups in total. The van der Waals surface area contributed by atoms with Gasteiger partial charge in [0.05, 0.1) is 0 Å². The summed E-state index contributed by atoms with van der Waals surface area (Å²) < 4.78 is 0. The molecule has 1 saturated heterocycles. The van der Waals surface area contributed by atoms with Crippen LogP contribution in [0.15, 0.2) is 0 Å². The Kier molecular flexibility index (Phi) is 8.09. The monoisotopic (exact) mass is 227 g/mol. The highest BCUT2D eigenvalue weighted by Crippen LogP contribution is 2.27. The fourth-order valence-electron chi connectivity index (χ4n) is 2.38. The van der Waals surface area contributed by atoms with Gasteiger partial charge >= 0.3 is 0 Å². The summed E-state index contributed by atoms with van der Waals surface area (Å²) in [6, 6.07) is 0.806. The van der Waals surface area contributed by atoms with Gasteiger partial charge in [-0.25, -0.2) is 0 Å². The Balaban J connectivity index is 0.00000106. The molecule has 0 aromatic carbocycles. The van der Waals surface area contributed by atoms with E-state index in [-0.39, 0.29) is 0 Å². The molecule has 1 rings (SSSR count). The first kappa shape index (κ1) is 16.0. The van der Waals surface area contributed by atoms with E-state index in [0.29, 0.717) is 0 Å². The van der Waals surface area contributed by atoms with Crippen LogP contribution in [0.1, 0.15) is 61.3 Å². The van der Waals surface area contributed by atoms with Crippen molar-refractivity contribution in [1.82, 2.24) is 4.90 Å². The van der Waals surface area contributed by atoms with Gasteiger partial charge in [-0.05, 0) is 44.1 Å². The molecule has 1 heteroatoms. The van der Waals surface area contributed by atoms with Crippen LogP contribution in [0.3, 0.4) is 0 Å². The van der Waals surface area contributed by atoms with Crippen molar-refractivity contribution >= 4 is 0 Å². The Bertz CT molecular complexity index is 165. The number of nitrogens with zero attached hydrogens (tertiary/aromatic N) is 1. The Labute approximate surface area is 104 Å². The van der Waals surface area contributed by atoms with Crippen molar-refractivity contribution in [3.05, 3.63) is 0 Å². The minimum Gasteiger partial charge on any atom is -0.300 e. The third-order valence-electron chi connectivity index (χ3n) is 3.82. The standard InChI is InChI=1S/C13H27N.C2H6/c1-10(2)6-7-14-9-12(4)11(3)8-13(14)5;1-2/h10-13H,6-9H2,1-5H3;1-2H3. The van der Waals surface area contributed by atoms with Crippen molar-refractivity contribution in [3.63, 3.8) is 0 Å². The number of hydrogen-bond donors (Lipinski definition) is 0. The normalized spacial score (nSPS) is 31.1. The number of hydrogen-bond acceptors (Lipinski definition) is 1. The summed E-state index contributed by atoms with van der Waals surface area (Å²) in [5.74, 6) is 2.65. The van der Waals surface area contributed by atoms with Crippen LogP contribution in [-0.4, -0.2) is 24.0 Å². The summed E-state index contributed by atoms with van der Waals surface area (Å²) >= 11 is 0. The molecule has 0 amide bonds. The minimum atomic E-state index is 0.806. The van der Waals surface area contributed by atoms with Gasteiger partial charge < -0.3 is 4.90 Å². The quantitative estimate of drug-likeness (QED) is 0.689. The van der Waals surface area contributed by atoms with Crippen molar-refractivity contribution in [2.45, 2.75) is 67.3 Å². The summed E-state index contributed by atoms with van der Waals surface area (Å²) in [6.07, 6.45) is 2.74. The second-order valence-corrected chi connectivity index (χ2v) is 5.72. The van der Waals surface area contributed by atoms with E-state index in [1.54, 1.807) is 0 Å². The van der Waals surface area contributed by atoms with Gasteiger partial charge in [-0.15, -0.1) is 0 Å². The first-order chi connectivity index (χ1) is 7.50. The van der Waals surface area contributed by atoms with Gasteiger partial charge in [-0.1, -0.05) is 41.5 Å². The molecule has 16 heavy (non-hydrogen) atoms. The van der Waals surface area contributed by atoms with Crippen LogP contribution in [0.2, 0.25) is 0 Å². The summed E-state index contributed by atoms with van der Waals surface area (Å²) in [6.45, 7) is 18.5. The number of piperidine rings is 1. The first-order valence-electron chi connectivity index (χ1n) is 7.24. The van der Waals surface area contributed by atoms with Gasteiger partial charge in [0.2, 0.25) is 0 Å². The van der Waals surface area contributed by atoms with Crippen LogP contribution in [0.5, 0.6) is 0 Å². The molecular weight excluding hydrogens is 194 g/mol. The van der Waals surface area contributed by atoms with Crippen molar-refractivity contribution in [3.8, 4) is 0 Å². The van der Waals surface area contributed by atoms with Gasteiger partial charge in [0.15, 0.2) is 0 Å². The van der Waals surface area contributed by atoms with E-state index in [1.165, 1.54) is 25.9 Å². The lowest BCUT2D eigenvalue weighted by atomic mass is 9.84. The fraction of sp³-hybridized carbons (Fsp3) is 1.00. The molecule has 3 unspecified atom stereocenters. The van der Waals surface area contributed by atoms with Crippen LogP contribution in [-0.2, 0) is 0 Å². The average molecular weight is 227 g/mol. The SMILES string of the molecule is CC.CC(C)CCN1CC(C)C(C)CC1C. The molecule has 3 atom stereocenters. The van der Waals surface area contributed by atoms with Crippen LogP contribution in [0.25, 0.3) is 0 Å². The van der Waals surface area contributed by atoms with Gasteiger partial charge in [-0.3, -0.25) is 0 Å². The summed E-state index contributed by atoms with van der Waals surface area (Å²) in [5.41, 5.74) is 0. The lowest BCUT2D eigenvalue weighted by Gasteiger charge is -2.40. The maximum Gasteiger partial charge on any atom is 0.00696 e. The third-order valence-corrected chi connectivity index (χ3v) is 3.82. The summed E-state index contributed by atoms with van der Waals surface area (Å²) in [5, 5.41) is 0. The van der Waals surface area contributed by atoms with Crippen LogP contribution in [0.4, 0.5) is 0 Å². The van der Waals surface area contributed by atoms with Gasteiger partial charge in [0.25, 0.3) is 0 Å². The molecule has 0 spiro atoms. The summed E-state index contributed by atoms with van der Waals surface area (Å²) in [4.78, 5) is 2.69. The lowest BCUT2D eigenvalue weighted by molar-refractivity contribution is 0.0818. The molecule has 1 heterocycles. The molecule has 1 fully saturated rings. The van der Waals surface area contributed by atoms with E-state index in [9.17, 15) is 0 Å². The maximum absolute atomic E-state index is 2.69. The number of likely N-dealkylation sites (tertiary alicyclic amines) is 1. The Hall–Kier alpha value is -0.0400. The summed E-state index contributed by atoms with van der Waals surface area (Å²) in [7, 11) is 0. The van der Waals surface area contributed by atoms with Crippen LogP contribution < -0.4 is 0 Å². The molecule has 1 aliphatic rings. The smallest absolute Gasteiger partial charge is 0.00696 e. The largest absolute Gasteiger partial charge is 0.300 e. The predicted molar refractivity (Wildman–Crippen MR) is 74.8 cm³/mol. The van der Waals surface area contributed by atoms with Gasteiger partial charge in [-0.2, -0.15) is 0 Å². The highest BCUT2D eigenvalue weighted by atomic mass is 15.2. The number of rotatable bonds is 3. The second-order valence-electron chi connectivity index (χ2n) is 5.72. The second kappa shape index (κ2) is 8.11. The topological polar surface area (TPSA) is 3.24 Å². The van der Waals surface area contributed by atoms with E-state index >= 15 is 0 Å². The van der Waals surface area contributed by atoms with Gasteiger partial charge in [0, 0.05) is 12.6 Å². The van der Waals surface area contributed by atoms with Crippen LogP contribution >= 0.6 is 0 Å². The van der Waals surface area contributed by atoms with E-state index in [2.05, 4.69) is 39.5 Å². The molecular formula is C15H33N. The first-order valence-corrected chi connectivity index (χ1v) is 7.24. The molecule has 0 bridgehead atoms. The lowest BCUT2D eigenvalue weighted by Crippen LogP contribution is -2.45. The highest BCUT2D eigenvalue weighted by Gasteiger charge is 2.27. The molecule has 0 aromatic rings. The van der Waals surface area contributed by atoms with Crippen molar-refractivity contribution in [2.75, 3.05) is 13.1 Å². The van der Waals surface area contributed by atoms with E-state index in [4.69, 9.17) is 0 Å². The van der Waals surface area contributed by atoms with Gasteiger partial charge in [0.1, 0.15) is 0 Å². The zero-order valence-electron chi connectivity index (χ0n) is 12.6.